The van der Waals surface area contributed by atoms with Crippen molar-refractivity contribution in [3.8, 4) is 11.4 Å². The molecule has 0 spiro atoms. The fraction of sp³-hybridized carbons (Fsp3) is 0.115. The average molecular weight is 493 g/mol. The molecule has 0 aliphatic carbocycles. The molecule has 2 amide bonds. The highest BCUT2D eigenvalue weighted by Gasteiger charge is 2.19. The Balaban J connectivity index is 1.58. The Kier molecular flexibility index (Phi) is 7.12. The van der Waals surface area contributed by atoms with Gasteiger partial charge in [0.05, 0.1) is 35.9 Å². The van der Waals surface area contributed by atoms with Crippen LogP contribution in [0.25, 0.3) is 5.69 Å². The fourth-order valence-electron chi connectivity index (χ4n) is 3.64. The fourth-order valence-corrected chi connectivity index (χ4v) is 3.82. The molecule has 35 heavy (non-hydrogen) atoms. The lowest BCUT2D eigenvalue weighted by atomic mass is 10.1. The van der Waals surface area contributed by atoms with Crippen molar-refractivity contribution < 1.29 is 18.7 Å². The van der Waals surface area contributed by atoms with Crippen molar-refractivity contribution in [3.63, 3.8) is 0 Å². The summed E-state index contributed by atoms with van der Waals surface area (Å²) in [5.41, 5.74) is 2.79. The molecule has 9 heteroatoms. The molecule has 0 bridgehead atoms. The van der Waals surface area contributed by atoms with Crippen LogP contribution in [-0.4, -0.2) is 28.7 Å². The van der Waals surface area contributed by atoms with Gasteiger partial charge in [0.1, 0.15) is 11.6 Å². The molecule has 0 aliphatic heterocycles. The number of carbonyl (C=O) groups excluding carboxylic acids is 2. The van der Waals surface area contributed by atoms with E-state index in [1.165, 1.54) is 31.5 Å². The summed E-state index contributed by atoms with van der Waals surface area (Å²) in [5, 5.41) is 10.5. The van der Waals surface area contributed by atoms with Gasteiger partial charge in [-0.3, -0.25) is 9.59 Å². The lowest BCUT2D eigenvalue weighted by molar-refractivity contribution is 0.101. The van der Waals surface area contributed by atoms with Crippen LogP contribution in [0.5, 0.6) is 5.75 Å². The largest absolute Gasteiger partial charge is 0.495 e. The van der Waals surface area contributed by atoms with E-state index < -0.39 is 11.7 Å². The van der Waals surface area contributed by atoms with Crippen molar-refractivity contribution in [1.82, 2.24) is 9.78 Å². The number of ether oxygens (including phenoxy) is 1. The van der Waals surface area contributed by atoms with Crippen LogP contribution >= 0.6 is 11.6 Å². The monoisotopic (exact) mass is 492 g/mol. The number of halogens is 2. The summed E-state index contributed by atoms with van der Waals surface area (Å²) < 4.78 is 20.5. The maximum atomic E-state index is 13.5. The predicted molar refractivity (Wildman–Crippen MR) is 133 cm³/mol. The Bertz CT molecular complexity index is 1400. The van der Waals surface area contributed by atoms with Crippen LogP contribution in [-0.2, 0) is 6.42 Å². The van der Waals surface area contributed by atoms with Gasteiger partial charge in [-0.1, -0.05) is 30.7 Å². The Labute approximate surface area is 206 Å². The zero-order valence-corrected chi connectivity index (χ0v) is 19.8. The van der Waals surface area contributed by atoms with Gasteiger partial charge in [-0.05, 0) is 61.0 Å². The number of nitrogens with one attached hydrogen (secondary N) is 2. The molecular weight excluding hydrogens is 471 g/mol. The molecule has 178 valence electrons. The molecular formula is C26H22ClFN4O3. The van der Waals surface area contributed by atoms with Gasteiger partial charge in [0, 0.05) is 16.3 Å². The lowest BCUT2D eigenvalue weighted by Crippen LogP contribution is -2.16. The van der Waals surface area contributed by atoms with Crippen molar-refractivity contribution in [1.29, 1.82) is 0 Å². The van der Waals surface area contributed by atoms with Gasteiger partial charge in [0.2, 0.25) is 0 Å². The lowest BCUT2D eigenvalue weighted by Gasteiger charge is -2.13. The van der Waals surface area contributed by atoms with Crippen LogP contribution in [0, 0.1) is 5.82 Å². The molecule has 0 saturated carbocycles. The summed E-state index contributed by atoms with van der Waals surface area (Å²) >= 11 is 6.11. The molecule has 0 saturated heterocycles. The SMILES string of the molecule is CCc1c(C(=O)Nc2ccc(OC)c(NC(=O)c3cccc(F)c3)c2)cnn1-c1cccc(Cl)c1. The topological polar surface area (TPSA) is 85.2 Å². The highest BCUT2D eigenvalue weighted by Crippen LogP contribution is 2.29. The summed E-state index contributed by atoms with van der Waals surface area (Å²) in [6.45, 7) is 1.93. The van der Waals surface area contributed by atoms with Crippen molar-refractivity contribution >= 4 is 34.8 Å². The number of hydrogen-bond donors (Lipinski definition) is 2. The number of amides is 2. The number of rotatable bonds is 7. The minimum Gasteiger partial charge on any atom is -0.495 e. The highest BCUT2D eigenvalue weighted by atomic mass is 35.5. The summed E-state index contributed by atoms with van der Waals surface area (Å²) in [7, 11) is 1.46. The van der Waals surface area contributed by atoms with E-state index in [1.54, 1.807) is 35.0 Å². The van der Waals surface area contributed by atoms with E-state index >= 15 is 0 Å². The first-order valence-electron chi connectivity index (χ1n) is 10.8. The first kappa shape index (κ1) is 24.0. The molecule has 2 N–H and O–H groups in total. The molecule has 0 radical (unpaired) electrons. The molecule has 1 aromatic heterocycles. The number of methoxy groups -OCH3 is 1. The number of benzene rings is 3. The van der Waals surface area contributed by atoms with Crippen molar-refractivity contribution in [2.75, 3.05) is 17.7 Å². The van der Waals surface area contributed by atoms with E-state index in [1.807, 2.05) is 19.1 Å². The molecule has 0 atom stereocenters. The molecule has 1 heterocycles. The van der Waals surface area contributed by atoms with Crippen LogP contribution in [0.2, 0.25) is 5.02 Å². The molecule has 7 nitrogen and oxygen atoms in total. The number of aromatic nitrogens is 2. The third-order valence-corrected chi connectivity index (χ3v) is 5.53. The van der Waals surface area contributed by atoms with Gasteiger partial charge in [-0.15, -0.1) is 0 Å². The second-order valence-electron chi connectivity index (χ2n) is 7.58. The minimum atomic E-state index is -0.518. The zero-order valence-electron chi connectivity index (χ0n) is 19.0. The van der Waals surface area contributed by atoms with Crippen LogP contribution < -0.4 is 15.4 Å². The van der Waals surface area contributed by atoms with E-state index in [0.717, 1.165) is 17.4 Å². The smallest absolute Gasteiger partial charge is 0.259 e. The van der Waals surface area contributed by atoms with E-state index in [2.05, 4.69) is 15.7 Å². The van der Waals surface area contributed by atoms with Crippen LogP contribution in [0.15, 0.2) is 72.9 Å². The van der Waals surface area contributed by atoms with E-state index in [-0.39, 0.29) is 11.5 Å². The summed E-state index contributed by atoms with van der Waals surface area (Å²) in [6.07, 6.45) is 2.07. The van der Waals surface area contributed by atoms with E-state index in [4.69, 9.17) is 16.3 Å². The van der Waals surface area contributed by atoms with E-state index in [9.17, 15) is 14.0 Å². The van der Waals surface area contributed by atoms with Crippen molar-refractivity contribution in [2.45, 2.75) is 13.3 Å². The first-order valence-corrected chi connectivity index (χ1v) is 11.2. The number of anilines is 2. The molecule has 0 unspecified atom stereocenters. The first-order chi connectivity index (χ1) is 16.9. The average Bonchev–Trinajstić information content (AvgIpc) is 3.29. The van der Waals surface area contributed by atoms with Gasteiger partial charge < -0.3 is 15.4 Å². The van der Waals surface area contributed by atoms with Gasteiger partial charge >= 0.3 is 0 Å². The maximum absolute atomic E-state index is 13.5. The van der Waals surface area contributed by atoms with Gasteiger partial charge in [0.25, 0.3) is 11.8 Å². The number of nitrogens with zero attached hydrogens (tertiary/aromatic N) is 2. The van der Waals surface area contributed by atoms with Crippen molar-refractivity contribution in [3.05, 3.63) is 101 Å². The molecule has 3 aromatic carbocycles. The van der Waals surface area contributed by atoms with Crippen LogP contribution in [0.1, 0.15) is 33.3 Å². The summed E-state index contributed by atoms with van der Waals surface area (Å²) in [6, 6.07) is 17.4. The molecule has 4 aromatic rings. The highest BCUT2D eigenvalue weighted by molar-refractivity contribution is 6.30. The third-order valence-electron chi connectivity index (χ3n) is 5.29. The Morgan fingerprint density at radius 2 is 1.83 bits per heavy atom. The zero-order chi connectivity index (χ0) is 24.9. The molecule has 0 aliphatic rings. The summed E-state index contributed by atoms with van der Waals surface area (Å²) in [4.78, 5) is 25.7. The Morgan fingerprint density at radius 3 is 2.54 bits per heavy atom. The van der Waals surface area contributed by atoms with Gasteiger partial charge in [0.15, 0.2) is 0 Å². The van der Waals surface area contributed by atoms with Gasteiger partial charge in [-0.2, -0.15) is 5.10 Å². The minimum absolute atomic E-state index is 0.155. The molecule has 4 rings (SSSR count). The second-order valence-corrected chi connectivity index (χ2v) is 8.02. The normalized spacial score (nSPS) is 10.6. The van der Waals surface area contributed by atoms with Gasteiger partial charge in [-0.25, -0.2) is 9.07 Å². The number of hydrogen-bond acceptors (Lipinski definition) is 4. The van der Waals surface area contributed by atoms with Crippen LogP contribution in [0.3, 0.4) is 0 Å². The standard InChI is InChI=1S/C26H22ClFN4O3/c1-3-23-21(15-29-32(23)20-9-5-7-17(27)13-20)26(34)30-19-10-11-24(35-2)22(14-19)31-25(33)16-6-4-8-18(28)12-16/h4-15H,3H2,1-2H3,(H,30,34)(H,31,33). The van der Waals surface area contributed by atoms with E-state index in [0.29, 0.717) is 34.1 Å². The predicted octanol–water partition coefficient (Wildman–Crippen LogP) is 5.74. The Morgan fingerprint density at radius 1 is 1.03 bits per heavy atom. The quantitative estimate of drug-likeness (QED) is 0.344. The number of carbonyl (C=O) groups is 2. The second kappa shape index (κ2) is 10.4. The third kappa shape index (κ3) is 5.33. The Hall–Kier alpha value is -4.17. The van der Waals surface area contributed by atoms with Crippen LogP contribution in [0.4, 0.5) is 15.8 Å². The molecule has 0 fully saturated rings. The summed E-state index contributed by atoms with van der Waals surface area (Å²) in [5.74, 6) is -1.00. The maximum Gasteiger partial charge on any atom is 0.259 e. The van der Waals surface area contributed by atoms with Crippen molar-refractivity contribution in [2.24, 2.45) is 0 Å².